The molecule has 1 amide bonds. The van der Waals surface area contributed by atoms with E-state index in [1.54, 1.807) is 24.4 Å². The van der Waals surface area contributed by atoms with E-state index >= 15 is 0 Å². The minimum atomic E-state index is -0.780. The first-order valence-electron chi connectivity index (χ1n) is 10.1. The number of halogens is 2. The first-order chi connectivity index (χ1) is 14.6. The summed E-state index contributed by atoms with van der Waals surface area (Å²) in [5.74, 6) is -0.296. The number of fused-ring (bicyclic) bond motifs is 4. The van der Waals surface area contributed by atoms with E-state index in [0.29, 0.717) is 54.7 Å². The topological polar surface area (TPSA) is 66.7 Å². The number of hydrogen-bond acceptors (Lipinski definition) is 4. The zero-order valence-electron chi connectivity index (χ0n) is 16.8. The molecular formula is C23H22ClFN4O2. The number of amides is 1. The zero-order valence-corrected chi connectivity index (χ0v) is 17.6. The molecule has 0 spiro atoms. The molecule has 1 aliphatic rings. The minimum absolute atomic E-state index is 0. The van der Waals surface area contributed by atoms with Gasteiger partial charge in [0.05, 0.1) is 16.5 Å². The molecule has 1 aliphatic heterocycles. The van der Waals surface area contributed by atoms with Gasteiger partial charge in [0.25, 0.3) is 11.5 Å². The third-order valence-electron chi connectivity index (χ3n) is 5.71. The molecule has 0 radical (unpaired) electrons. The standard InChI is InChI=1S/C23H21FN4O2.ClH/c24-16-9-12-27(14-16)13-10-25-22(29)19-6-3-11-28-21(19)26-20-17-5-2-1-4-15(17)7-8-18(20)23(28)30;/h1-8,11,16H,9-10,12-14H2,(H,25,29);1H/t16-;/m1./s1. The summed E-state index contributed by atoms with van der Waals surface area (Å²) < 4.78 is 14.7. The van der Waals surface area contributed by atoms with Crippen LogP contribution in [-0.2, 0) is 0 Å². The van der Waals surface area contributed by atoms with Gasteiger partial charge in [0.15, 0.2) is 5.65 Å². The molecule has 31 heavy (non-hydrogen) atoms. The van der Waals surface area contributed by atoms with Gasteiger partial charge in [-0.1, -0.05) is 30.3 Å². The molecule has 5 rings (SSSR count). The Morgan fingerprint density at radius 2 is 1.97 bits per heavy atom. The second-order valence-corrected chi connectivity index (χ2v) is 7.66. The van der Waals surface area contributed by atoms with Gasteiger partial charge in [0.1, 0.15) is 6.17 Å². The second kappa shape index (κ2) is 8.61. The van der Waals surface area contributed by atoms with Crippen LogP contribution in [0, 0.1) is 0 Å². The van der Waals surface area contributed by atoms with E-state index in [0.717, 1.165) is 10.8 Å². The van der Waals surface area contributed by atoms with Crippen molar-refractivity contribution in [2.45, 2.75) is 12.6 Å². The Hall–Kier alpha value is -3.03. The summed E-state index contributed by atoms with van der Waals surface area (Å²) in [6.07, 6.45) is 1.39. The van der Waals surface area contributed by atoms with Crippen molar-refractivity contribution in [3.05, 3.63) is 70.6 Å². The van der Waals surface area contributed by atoms with Gasteiger partial charge in [-0.3, -0.25) is 18.9 Å². The highest BCUT2D eigenvalue weighted by Crippen LogP contribution is 2.23. The summed E-state index contributed by atoms with van der Waals surface area (Å²) in [6.45, 7) is 2.13. The SMILES string of the molecule is Cl.O=C(NCCN1CC[C@@H](F)C1)c1cccn2c(=O)c3ccc4ccccc4c3nc12. The second-order valence-electron chi connectivity index (χ2n) is 7.66. The van der Waals surface area contributed by atoms with Crippen molar-refractivity contribution < 1.29 is 9.18 Å². The van der Waals surface area contributed by atoms with Gasteiger partial charge in [0, 0.05) is 37.8 Å². The molecule has 0 aliphatic carbocycles. The molecule has 1 N–H and O–H groups in total. The highest BCUT2D eigenvalue weighted by atomic mass is 35.5. The van der Waals surface area contributed by atoms with Crippen molar-refractivity contribution in [3.63, 3.8) is 0 Å². The van der Waals surface area contributed by atoms with Gasteiger partial charge >= 0.3 is 0 Å². The van der Waals surface area contributed by atoms with Gasteiger partial charge in [0.2, 0.25) is 0 Å². The summed E-state index contributed by atoms with van der Waals surface area (Å²) in [7, 11) is 0. The van der Waals surface area contributed by atoms with E-state index in [-0.39, 0.29) is 23.9 Å². The fourth-order valence-electron chi connectivity index (χ4n) is 4.15. The predicted octanol–water partition coefficient (Wildman–Crippen LogP) is 3.20. The average Bonchev–Trinajstić information content (AvgIpc) is 3.18. The largest absolute Gasteiger partial charge is 0.351 e. The van der Waals surface area contributed by atoms with Crippen LogP contribution in [0.15, 0.2) is 59.5 Å². The maximum atomic E-state index is 13.3. The number of aromatic nitrogens is 2. The van der Waals surface area contributed by atoms with Crippen molar-refractivity contribution in [2.75, 3.05) is 26.2 Å². The van der Waals surface area contributed by atoms with Crippen molar-refractivity contribution in [1.29, 1.82) is 0 Å². The van der Waals surface area contributed by atoms with Crippen LogP contribution >= 0.6 is 12.4 Å². The zero-order chi connectivity index (χ0) is 20.7. The Labute approximate surface area is 184 Å². The van der Waals surface area contributed by atoms with Crippen molar-refractivity contribution in [3.8, 4) is 0 Å². The molecule has 0 saturated carbocycles. The highest BCUT2D eigenvalue weighted by Gasteiger charge is 2.21. The molecule has 8 heteroatoms. The van der Waals surface area contributed by atoms with Gasteiger partial charge < -0.3 is 5.32 Å². The quantitative estimate of drug-likeness (QED) is 0.391. The van der Waals surface area contributed by atoms with Gasteiger partial charge in [-0.15, -0.1) is 12.4 Å². The average molecular weight is 441 g/mol. The van der Waals surface area contributed by atoms with Crippen LogP contribution in [0.5, 0.6) is 0 Å². The van der Waals surface area contributed by atoms with Crippen molar-refractivity contribution in [1.82, 2.24) is 19.6 Å². The van der Waals surface area contributed by atoms with Crippen LogP contribution < -0.4 is 10.9 Å². The Morgan fingerprint density at radius 3 is 2.77 bits per heavy atom. The van der Waals surface area contributed by atoms with E-state index in [4.69, 9.17) is 4.98 Å². The van der Waals surface area contributed by atoms with Crippen molar-refractivity contribution in [2.24, 2.45) is 0 Å². The Morgan fingerprint density at radius 1 is 1.13 bits per heavy atom. The number of benzene rings is 2. The lowest BCUT2D eigenvalue weighted by Gasteiger charge is -2.15. The number of carbonyl (C=O) groups is 1. The molecule has 1 fully saturated rings. The molecule has 160 valence electrons. The lowest BCUT2D eigenvalue weighted by atomic mass is 10.1. The van der Waals surface area contributed by atoms with Gasteiger partial charge in [-0.25, -0.2) is 9.37 Å². The third kappa shape index (κ3) is 3.86. The molecular weight excluding hydrogens is 419 g/mol. The Kier molecular flexibility index (Phi) is 5.89. The molecule has 0 bridgehead atoms. The third-order valence-corrected chi connectivity index (χ3v) is 5.71. The summed E-state index contributed by atoms with van der Waals surface area (Å²) >= 11 is 0. The Bertz CT molecular complexity index is 1340. The number of alkyl halides is 1. The van der Waals surface area contributed by atoms with Crippen LogP contribution in [0.4, 0.5) is 4.39 Å². The summed E-state index contributed by atoms with van der Waals surface area (Å²) in [5, 5.41) is 5.25. The minimum Gasteiger partial charge on any atom is -0.351 e. The van der Waals surface area contributed by atoms with Crippen LogP contribution in [0.1, 0.15) is 16.8 Å². The lowest BCUT2D eigenvalue weighted by Crippen LogP contribution is -2.34. The van der Waals surface area contributed by atoms with Gasteiger partial charge in [-0.05, 0) is 30.0 Å². The Balaban J connectivity index is 0.00000231. The fourth-order valence-corrected chi connectivity index (χ4v) is 4.15. The molecule has 1 saturated heterocycles. The highest BCUT2D eigenvalue weighted by molar-refractivity contribution is 6.07. The molecule has 3 heterocycles. The molecule has 4 aromatic rings. The molecule has 0 unspecified atom stereocenters. The molecule has 1 atom stereocenters. The predicted molar refractivity (Wildman–Crippen MR) is 122 cm³/mol. The maximum Gasteiger partial charge on any atom is 0.265 e. The van der Waals surface area contributed by atoms with Crippen LogP contribution in [0.2, 0.25) is 0 Å². The van der Waals surface area contributed by atoms with Crippen molar-refractivity contribution >= 4 is 45.6 Å². The number of likely N-dealkylation sites (tertiary alicyclic amines) is 1. The maximum absolute atomic E-state index is 13.3. The smallest absolute Gasteiger partial charge is 0.265 e. The van der Waals surface area contributed by atoms with E-state index in [9.17, 15) is 14.0 Å². The van der Waals surface area contributed by atoms with Crippen LogP contribution in [0.25, 0.3) is 27.3 Å². The van der Waals surface area contributed by atoms with E-state index in [2.05, 4.69) is 5.32 Å². The monoisotopic (exact) mass is 440 g/mol. The molecule has 2 aromatic carbocycles. The van der Waals surface area contributed by atoms with E-state index in [1.807, 2.05) is 35.2 Å². The van der Waals surface area contributed by atoms with Crippen LogP contribution in [0.3, 0.4) is 0 Å². The number of nitrogens with one attached hydrogen (secondary N) is 1. The van der Waals surface area contributed by atoms with E-state index in [1.165, 1.54) is 4.40 Å². The number of pyridine rings is 1. The first kappa shape index (κ1) is 21.2. The molecule has 6 nitrogen and oxygen atoms in total. The number of hydrogen-bond donors (Lipinski definition) is 1. The number of nitrogens with zero attached hydrogens (tertiary/aromatic N) is 3. The lowest BCUT2D eigenvalue weighted by molar-refractivity contribution is 0.0950. The normalized spacial score (nSPS) is 16.6. The summed E-state index contributed by atoms with van der Waals surface area (Å²) in [6, 6.07) is 14.8. The van der Waals surface area contributed by atoms with E-state index < -0.39 is 6.17 Å². The van der Waals surface area contributed by atoms with Gasteiger partial charge in [-0.2, -0.15) is 0 Å². The summed E-state index contributed by atoms with van der Waals surface area (Å²) in [4.78, 5) is 32.6. The number of carbonyl (C=O) groups excluding carboxylic acids is 1. The fraction of sp³-hybridized carbons (Fsp3) is 0.261. The first-order valence-corrected chi connectivity index (χ1v) is 10.1. The molecule has 2 aromatic heterocycles. The van der Waals surface area contributed by atoms with Crippen LogP contribution in [-0.4, -0.2) is 52.5 Å². The summed E-state index contributed by atoms with van der Waals surface area (Å²) in [5.41, 5.74) is 1.05. The number of rotatable bonds is 4.